The first-order valence-electron chi connectivity index (χ1n) is 11.3. The Bertz CT molecular complexity index is 1130. The zero-order chi connectivity index (χ0) is 24.4. The van der Waals surface area contributed by atoms with E-state index in [9.17, 15) is 4.55 Å². The average Bonchev–Trinajstić information content (AvgIpc) is 3.60. The van der Waals surface area contributed by atoms with E-state index in [1.54, 1.807) is 13.1 Å². The highest BCUT2D eigenvalue weighted by molar-refractivity contribution is 7.93. The molecule has 186 valence electrons. The third-order valence-corrected chi connectivity index (χ3v) is 7.75. The lowest BCUT2D eigenvalue weighted by molar-refractivity contribution is -0.0951. The van der Waals surface area contributed by atoms with Gasteiger partial charge in [0.05, 0.1) is 41.7 Å². The predicted molar refractivity (Wildman–Crippen MR) is 128 cm³/mol. The van der Waals surface area contributed by atoms with Crippen LogP contribution in [0.1, 0.15) is 49.2 Å². The minimum absolute atomic E-state index is 0.374. The van der Waals surface area contributed by atoms with Crippen LogP contribution in [0, 0.1) is 0 Å². The van der Waals surface area contributed by atoms with Gasteiger partial charge in [0.1, 0.15) is 6.10 Å². The van der Waals surface area contributed by atoms with Crippen LogP contribution in [0.2, 0.25) is 5.02 Å². The molecule has 4 heterocycles. The average molecular weight is 520 g/mol. The Kier molecular flexibility index (Phi) is 7.19. The second-order valence-corrected chi connectivity index (χ2v) is 10.4. The van der Waals surface area contributed by atoms with Gasteiger partial charge in [0, 0.05) is 31.9 Å². The van der Waals surface area contributed by atoms with E-state index in [0.717, 1.165) is 18.4 Å². The van der Waals surface area contributed by atoms with Crippen LogP contribution in [0.3, 0.4) is 0 Å². The van der Waals surface area contributed by atoms with E-state index in [1.807, 2.05) is 22.9 Å². The summed E-state index contributed by atoms with van der Waals surface area (Å²) in [5, 5.41) is 8.71. The van der Waals surface area contributed by atoms with Crippen LogP contribution in [0.25, 0.3) is 0 Å². The zero-order valence-corrected chi connectivity index (χ0v) is 20.9. The number of hydrogen-bond donors (Lipinski definition) is 1. The molecule has 1 saturated heterocycles. The zero-order valence-electron chi connectivity index (χ0n) is 19.3. The topological polar surface area (TPSA) is 132 Å². The summed E-state index contributed by atoms with van der Waals surface area (Å²) in [6, 6.07) is 3.94. The Hall–Kier alpha value is -2.35. The van der Waals surface area contributed by atoms with Crippen molar-refractivity contribution in [2.24, 2.45) is 0 Å². The van der Waals surface area contributed by atoms with Crippen molar-refractivity contribution in [3.63, 3.8) is 0 Å². The maximum atomic E-state index is 13.5. The number of pyridine rings is 1. The van der Waals surface area contributed by atoms with Gasteiger partial charge in [0.25, 0.3) is 5.95 Å². The Balaban J connectivity index is 1.45. The number of nitrogens with zero attached hydrogens (tertiary/aromatic N) is 6. The van der Waals surface area contributed by atoms with Gasteiger partial charge in [0.15, 0.2) is 23.0 Å². The third-order valence-electron chi connectivity index (χ3n) is 6.25. The molecule has 35 heavy (non-hydrogen) atoms. The summed E-state index contributed by atoms with van der Waals surface area (Å²) in [4.78, 5) is 12.8. The SMILES string of the molecule is COC(c1ncc(Cl)cn1)C(C)[S+]([O-])Nc1nnc(C2COCCO2)n1C1(c2cccnc2)CC1. The lowest BCUT2D eigenvalue weighted by Gasteiger charge is -2.28. The summed E-state index contributed by atoms with van der Waals surface area (Å²) in [6.07, 6.45) is 7.29. The van der Waals surface area contributed by atoms with Gasteiger partial charge in [-0.15, -0.1) is 10.2 Å². The summed E-state index contributed by atoms with van der Waals surface area (Å²) in [7, 11) is 1.53. The van der Waals surface area contributed by atoms with Gasteiger partial charge in [0.2, 0.25) is 0 Å². The molecule has 2 fully saturated rings. The minimum Gasteiger partial charge on any atom is -0.593 e. The highest BCUT2D eigenvalue weighted by Gasteiger charge is 2.51. The summed E-state index contributed by atoms with van der Waals surface area (Å²) in [5.41, 5.74) is 0.632. The number of hydrogen-bond acceptors (Lipinski definition) is 10. The Labute approximate surface area is 210 Å². The van der Waals surface area contributed by atoms with Crippen molar-refractivity contribution in [3.8, 4) is 0 Å². The summed E-state index contributed by atoms with van der Waals surface area (Å²) in [5.74, 6) is 1.40. The van der Waals surface area contributed by atoms with Gasteiger partial charge in [-0.25, -0.2) is 9.97 Å². The number of ether oxygens (including phenoxy) is 3. The number of halogens is 1. The number of aromatic nitrogens is 6. The fourth-order valence-electron chi connectivity index (χ4n) is 4.30. The normalized spacial score (nSPS) is 21.8. The molecule has 4 atom stereocenters. The summed E-state index contributed by atoms with van der Waals surface area (Å²) >= 11 is 4.30. The van der Waals surface area contributed by atoms with Crippen LogP contribution < -0.4 is 4.72 Å². The summed E-state index contributed by atoms with van der Waals surface area (Å²) < 4.78 is 35.7. The van der Waals surface area contributed by atoms with Crippen molar-refractivity contribution in [1.29, 1.82) is 0 Å². The number of methoxy groups -OCH3 is 1. The smallest absolute Gasteiger partial charge is 0.267 e. The molecule has 0 radical (unpaired) electrons. The summed E-state index contributed by atoms with van der Waals surface area (Å²) in [6.45, 7) is 3.18. The molecule has 0 spiro atoms. The van der Waals surface area contributed by atoms with Gasteiger partial charge in [-0.05, 0) is 31.4 Å². The molecule has 3 aromatic rings. The van der Waals surface area contributed by atoms with Crippen LogP contribution in [0.4, 0.5) is 5.95 Å². The second kappa shape index (κ2) is 10.3. The Morgan fingerprint density at radius 1 is 1.26 bits per heavy atom. The van der Waals surface area contributed by atoms with E-state index in [2.05, 4.69) is 29.9 Å². The van der Waals surface area contributed by atoms with Gasteiger partial charge < -0.3 is 18.8 Å². The van der Waals surface area contributed by atoms with Crippen molar-refractivity contribution in [2.75, 3.05) is 31.7 Å². The predicted octanol–water partition coefficient (Wildman–Crippen LogP) is 2.59. The lowest BCUT2D eigenvalue weighted by Crippen LogP contribution is -2.35. The molecule has 5 rings (SSSR count). The second-order valence-electron chi connectivity index (χ2n) is 8.45. The third kappa shape index (κ3) is 4.86. The molecule has 3 aromatic heterocycles. The molecule has 0 bridgehead atoms. The maximum absolute atomic E-state index is 13.5. The van der Waals surface area contributed by atoms with E-state index >= 15 is 0 Å². The maximum Gasteiger partial charge on any atom is 0.267 e. The van der Waals surface area contributed by atoms with Crippen LogP contribution in [0.15, 0.2) is 36.9 Å². The van der Waals surface area contributed by atoms with Crippen LogP contribution >= 0.6 is 11.6 Å². The van der Waals surface area contributed by atoms with Gasteiger partial charge in [-0.3, -0.25) is 9.55 Å². The van der Waals surface area contributed by atoms with Crippen molar-refractivity contribution < 1.29 is 18.8 Å². The molecule has 1 aliphatic heterocycles. The van der Waals surface area contributed by atoms with E-state index in [-0.39, 0.29) is 6.10 Å². The number of nitrogens with one attached hydrogen (secondary N) is 1. The Morgan fingerprint density at radius 3 is 2.69 bits per heavy atom. The molecular weight excluding hydrogens is 494 g/mol. The number of anilines is 1. The van der Waals surface area contributed by atoms with Crippen LogP contribution in [-0.2, 0) is 31.1 Å². The molecule has 1 aliphatic carbocycles. The van der Waals surface area contributed by atoms with Crippen molar-refractivity contribution in [3.05, 3.63) is 59.2 Å². The van der Waals surface area contributed by atoms with Crippen molar-refractivity contribution >= 4 is 28.9 Å². The molecule has 11 nitrogen and oxygen atoms in total. The van der Waals surface area contributed by atoms with Gasteiger partial charge in [-0.2, -0.15) is 4.72 Å². The molecule has 0 aromatic carbocycles. The lowest BCUT2D eigenvalue weighted by atomic mass is 10.1. The first kappa shape index (κ1) is 24.3. The first-order chi connectivity index (χ1) is 17.0. The van der Waals surface area contributed by atoms with E-state index in [0.29, 0.717) is 42.4 Å². The highest BCUT2D eigenvalue weighted by atomic mass is 35.5. The van der Waals surface area contributed by atoms with Crippen LogP contribution in [-0.4, -0.2) is 66.4 Å². The van der Waals surface area contributed by atoms with E-state index in [1.165, 1.54) is 19.5 Å². The van der Waals surface area contributed by atoms with Crippen molar-refractivity contribution in [2.45, 2.75) is 42.8 Å². The van der Waals surface area contributed by atoms with E-state index < -0.39 is 28.3 Å². The molecule has 4 unspecified atom stereocenters. The van der Waals surface area contributed by atoms with Crippen LogP contribution in [0.5, 0.6) is 0 Å². The standard InChI is InChI=1S/C22H26ClN7O4S/c1-14(18(32-2)19-25-11-16(23)12-26-19)35(31)29-21-28-27-20(17-13-33-8-9-34-17)30(21)22(5-6-22)15-4-3-7-24-10-15/h3-4,7,10-12,14,17-18H,5-6,8-9,13H2,1-2H3,(H,28,29). The van der Waals surface area contributed by atoms with Gasteiger partial charge in [-0.1, -0.05) is 17.7 Å². The quantitative estimate of drug-likeness (QED) is 0.420. The molecular formula is C22H26ClN7O4S. The fourth-order valence-corrected chi connectivity index (χ4v) is 5.35. The fraction of sp³-hybridized carbons (Fsp3) is 0.500. The molecule has 1 saturated carbocycles. The first-order valence-corrected chi connectivity index (χ1v) is 12.9. The highest BCUT2D eigenvalue weighted by Crippen LogP contribution is 2.52. The monoisotopic (exact) mass is 519 g/mol. The molecule has 2 aliphatic rings. The number of rotatable bonds is 9. The minimum atomic E-state index is -1.62. The molecule has 13 heteroatoms. The Morgan fingerprint density at radius 2 is 2.06 bits per heavy atom. The van der Waals surface area contributed by atoms with Crippen molar-refractivity contribution in [1.82, 2.24) is 29.7 Å². The van der Waals surface area contributed by atoms with E-state index in [4.69, 9.17) is 25.8 Å². The largest absolute Gasteiger partial charge is 0.593 e. The van der Waals surface area contributed by atoms with Gasteiger partial charge >= 0.3 is 0 Å². The molecule has 0 amide bonds. The molecule has 1 N–H and O–H groups in total.